The van der Waals surface area contributed by atoms with E-state index in [9.17, 15) is 32.2 Å². The van der Waals surface area contributed by atoms with Gasteiger partial charge in [0.2, 0.25) is 5.91 Å². The van der Waals surface area contributed by atoms with Crippen molar-refractivity contribution in [3.8, 4) is 6.07 Å². The zero-order chi connectivity index (χ0) is 38.1. The number of halogens is 3. The lowest BCUT2D eigenvalue weighted by molar-refractivity contribution is -0.134. The van der Waals surface area contributed by atoms with Crippen LogP contribution in [0.2, 0.25) is 0 Å². The van der Waals surface area contributed by atoms with Crippen LogP contribution in [0.3, 0.4) is 0 Å². The highest BCUT2D eigenvalue weighted by Crippen LogP contribution is 2.37. The quantitative estimate of drug-likeness (QED) is 0.195. The fourth-order valence-corrected chi connectivity index (χ4v) is 9.68. The van der Waals surface area contributed by atoms with Crippen LogP contribution in [0.4, 0.5) is 28.9 Å². The van der Waals surface area contributed by atoms with Crippen LogP contribution < -0.4 is 15.5 Å². The Labute approximate surface area is 317 Å². The number of nitriles is 1. The first-order valence-electron chi connectivity index (χ1n) is 18.2. The van der Waals surface area contributed by atoms with Gasteiger partial charge in [0.25, 0.3) is 0 Å². The average Bonchev–Trinajstić information content (AvgIpc) is 3.78. The van der Waals surface area contributed by atoms with Crippen LogP contribution in [0.25, 0.3) is 10.9 Å². The Morgan fingerprint density at radius 1 is 1.07 bits per heavy atom. The number of imide groups is 1. The topological polar surface area (TPSA) is 139 Å². The van der Waals surface area contributed by atoms with Gasteiger partial charge in [-0.1, -0.05) is 17.4 Å². The summed E-state index contributed by atoms with van der Waals surface area (Å²) in [6, 6.07) is 13.8. The van der Waals surface area contributed by atoms with E-state index in [0.29, 0.717) is 72.4 Å². The van der Waals surface area contributed by atoms with Crippen molar-refractivity contribution >= 4 is 56.1 Å². The van der Waals surface area contributed by atoms with Crippen LogP contribution in [0.15, 0.2) is 47.5 Å². The Morgan fingerprint density at radius 2 is 1.83 bits per heavy atom. The number of aryl methyl sites for hydroxylation is 2. The number of carbonyl (C=O) groups excluding carboxylic acids is 2. The molecule has 17 heteroatoms. The molecule has 2 N–H and O–H groups in total. The van der Waals surface area contributed by atoms with Gasteiger partial charge in [0.15, 0.2) is 10.9 Å². The number of piperidine rings is 2. The zero-order valence-corrected chi connectivity index (χ0v) is 31.7. The summed E-state index contributed by atoms with van der Waals surface area (Å²) in [7, 11) is 0.440. The molecule has 2 atom stereocenters. The molecule has 54 heavy (non-hydrogen) atoms. The number of rotatable bonds is 10. The summed E-state index contributed by atoms with van der Waals surface area (Å²) in [5, 5.41) is 21.1. The number of thiazole rings is 1. The summed E-state index contributed by atoms with van der Waals surface area (Å²) >= 11 is 0.592. The number of hydrogen-bond donors (Lipinski definition) is 2. The minimum Gasteiger partial charge on any atom is -0.359 e. The molecular formula is C37H42F3N9O3S2. The summed E-state index contributed by atoms with van der Waals surface area (Å²) in [4.78, 5) is 31.9. The highest BCUT2D eigenvalue weighted by atomic mass is 32.2. The van der Waals surface area contributed by atoms with Gasteiger partial charge in [-0.25, -0.2) is 18.3 Å². The molecule has 2 aromatic carbocycles. The third kappa shape index (κ3) is 8.16. The van der Waals surface area contributed by atoms with Gasteiger partial charge < -0.3 is 10.2 Å². The van der Waals surface area contributed by atoms with Crippen LogP contribution in [-0.2, 0) is 35.4 Å². The van der Waals surface area contributed by atoms with Crippen LogP contribution in [0, 0.1) is 11.3 Å². The van der Waals surface area contributed by atoms with E-state index in [4.69, 9.17) is 0 Å². The van der Waals surface area contributed by atoms with Crippen molar-refractivity contribution in [3.05, 3.63) is 64.2 Å². The summed E-state index contributed by atoms with van der Waals surface area (Å²) in [5.41, 5.74) is 3.64. The molecule has 0 bridgehead atoms. The third-order valence-corrected chi connectivity index (χ3v) is 13.3. The maximum atomic E-state index is 13.6. The highest BCUT2D eigenvalue weighted by molar-refractivity contribution is 7.82. The Bertz CT molecular complexity index is 2100. The number of nitrogens with zero attached hydrogens (tertiary/aromatic N) is 7. The number of anilines is 2. The number of aromatic nitrogens is 3. The second-order valence-electron chi connectivity index (χ2n) is 14.2. The molecule has 3 amide bonds. The van der Waals surface area contributed by atoms with Crippen molar-refractivity contribution in [1.82, 2.24) is 29.3 Å². The number of alkyl halides is 3. The molecule has 286 valence electrons. The molecule has 3 fully saturated rings. The first-order chi connectivity index (χ1) is 25.9. The van der Waals surface area contributed by atoms with Crippen LogP contribution in [0.5, 0.6) is 0 Å². The molecule has 0 radical (unpaired) electrons. The van der Waals surface area contributed by atoms with E-state index in [1.54, 1.807) is 16.8 Å². The van der Waals surface area contributed by atoms with Gasteiger partial charge in [0.1, 0.15) is 15.9 Å². The van der Waals surface area contributed by atoms with E-state index in [1.807, 2.05) is 23.5 Å². The minimum atomic E-state index is -4.42. The Morgan fingerprint density at radius 3 is 2.52 bits per heavy atom. The van der Waals surface area contributed by atoms with Gasteiger partial charge in [0.05, 0.1) is 28.2 Å². The standard InChI is InChI=1S/C37H42F3N9O3S2/c1-23(47-14-9-24(10-15-47)26-6-8-30-31(20-26)46(2)45-34(30)49-18-13-33(50)44-36(49)51)3-4-25-19-29(7-5-27(25)21-41)54(52)48-16-11-28(12-17-48)43-35-42-22-32(53-35)37(38,39)40/h5-8,19-20,22-24,28H,3-4,9-18H2,1-2H3,(H,42,43)(H,44,50,51). The molecule has 0 spiro atoms. The lowest BCUT2D eigenvalue weighted by atomic mass is 9.88. The highest BCUT2D eigenvalue weighted by Gasteiger charge is 2.34. The van der Waals surface area contributed by atoms with Crippen molar-refractivity contribution < 1.29 is 27.0 Å². The molecule has 3 saturated heterocycles. The summed E-state index contributed by atoms with van der Waals surface area (Å²) in [6.45, 7) is 5.43. The Hall–Kier alpha value is -4.37. The molecule has 4 aromatic rings. The Kier molecular flexibility index (Phi) is 11.1. The number of hydrogen-bond acceptors (Lipinski definition) is 9. The van der Waals surface area contributed by atoms with Crippen LogP contribution in [0.1, 0.15) is 72.9 Å². The lowest BCUT2D eigenvalue weighted by Crippen LogP contribution is -2.49. The first kappa shape index (κ1) is 37.9. The van der Waals surface area contributed by atoms with Crippen LogP contribution >= 0.6 is 11.3 Å². The third-order valence-electron chi connectivity index (χ3n) is 10.8. The first-order valence-corrected chi connectivity index (χ1v) is 20.1. The second kappa shape index (κ2) is 15.8. The maximum Gasteiger partial charge on any atom is 0.427 e. The number of urea groups is 1. The Balaban J connectivity index is 0.913. The molecule has 12 nitrogen and oxygen atoms in total. The maximum absolute atomic E-state index is 13.6. The van der Waals surface area contributed by atoms with Gasteiger partial charge in [-0.15, -0.1) is 0 Å². The predicted octanol–water partition coefficient (Wildman–Crippen LogP) is 6.17. The summed E-state index contributed by atoms with van der Waals surface area (Å²) < 4.78 is 56.2. The fourth-order valence-electron chi connectivity index (χ4n) is 7.65. The van der Waals surface area contributed by atoms with Gasteiger partial charge in [0, 0.05) is 50.6 Å². The number of amides is 3. The number of likely N-dealkylation sites (tertiary alicyclic amines) is 1. The number of nitrogens with one attached hydrogen (secondary N) is 2. The molecule has 0 saturated carbocycles. The molecule has 3 aliphatic rings. The van der Waals surface area contributed by atoms with E-state index < -0.39 is 28.1 Å². The van der Waals surface area contributed by atoms with Crippen molar-refractivity contribution in [1.29, 1.82) is 5.26 Å². The van der Waals surface area contributed by atoms with Gasteiger partial charge in [-0.3, -0.25) is 19.7 Å². The second-order valence-corrected chi connectivity index (χ2v) is 16.7. The fraction of sp³-hybridized carbons (Fsp3) is 0.486. The molecular weight excluding hydrogens is 740 g/mol. The smallest absolute Gasteiger partial charge is 0.359 e. The van der Waals surface area contributed by atoms with Crippen LogP contribution in [-0.4, -0.2) is 84.9 Å². The molecule has 5 heterocycles. The zero-order valence-electron chi connectivity index (χ0n) is 30.1. The van der Waals surface area contributed by atoms with E-state index >= 15 is 0 Å². The van der Waals surface area contributed by atoms with E-state index in [-0.39, 0.29) is 29.5 Å². The molecule has 2 aromatic heterocycles. The van der Waals surface area contributed by atoms with E-state index in [2.05, 4.69) is 50.7 Å². The van der Waals surface area contributed by atoms with Gasteiger partial charge in [-0.2, -0.15) is 23.5 Å². The normalized spacial score (nSPS) is 19.5. The predicted molar refractivity (Wildman–Crippen MR) is 200 cm³/mol. The van der Waals surface area contributed by atoms with Crippen molar-refractivity contribution in [2.45, 2.75) is 80.9 Å². The SMILES string of the molecule is CC(CCc1cc(S(=O)N2CCC(Nc3ncc(C(F)(F)F)s3)CC2)ccc1C#N)N1CCC(c2ccc3c(N4CCC(=O)NC4=O)nn(C)c3c2)CC1. The van der Waals surface area contributed by atoms with E-state index in [0.717, 1.165) is 55.0 Å². The number of carbonyl (C=O) groups is 2. The molecule has 3 aliphatic heterocycles. The molecule has 0 aliphatic carbocycles. The van der Waals surface area contributed by atoms with Crippen molar-refractivity contribution in [3.63, 3.8) is 0 Å². The number of benzene rings is 2. The van der Waals surface area contributed by atoms with Gasteiger partial charge >= 0.3 is 12.2 Å². The number of fused-ring (bicyclic) bond motifs is 1. The largest absolute Gasteiger partial charge is 0.427 e. The van der Waals surface area contributed by atoms with Crippen molar-refractivity contribution in [2.75, 3.05) is 42.9 Å². The summed E-state index contributed by atoms with van der Waals surface area (Å²) in [5.74, 6) is 0.667. The lowest BCUT2D eigenvalue weighted by Gasteiger charge is -2.36. The van der Waals surface area contributed by atoms with Gasteiger partial charge in [-0.05, 0) is 106 Å². The summed E-state index contributed by atoms with van der Waals surface area (Å²) in [6.07, 6.45) is 1.43. The molecule has 7 rings (SSSR count). The van der Waals surface area contributed by atoms with E-state index in [1.165, 1.54) is 10.5 Å². The average molecular weight is 782 g/mol. The monoisotopic (exact) mass is 781 g/mol. The minimum absolute atomic E-state index is 0.0586. The molecule has 2 unspecified atom stereocenters. The van der Waals surface area contributed by atoms with Crippen molar-refractivity contribution in [2.24, 2.45) is 7.05 Å².